The van der Waals surface area contributed by atoms with Crippen molar-refractivity contribution in [1.82, 2.24) is 5.43 Å². The zero-order chi connectivity index (χ0) is 13.6. The number of hydrogen-bond donors (Lipinski definition) is 2. The second kappa shape index (κ2) is 6.87. The van der Waals surface area contributed by atoms with Gasteiger partial charge in [-0.3, -0.25) is 11.3 Å². The molecule has 0 spiro atoms. The largest absolute Gasteiger partial charge is 0.271 e. The molecule has 18 heavy (non-hydrogen) atoms. The zero-order valence-corrected chi connectivity index (χ0v) is 11.8. The molecule has 0 bridgehead atoms. The third kappa shape index (κ3) is 6.14. The van der Waals surface area contributed by atoms with Gasteiger partial charge in [0.25, 0.3) is 0 Å². The fraction of sp³-hybridized carbons (Fsp3) is 0.538. The van der Waals surface area contributed by atoms with Gasteiger partial charge in [-0.2, -0.15) is 0 Å². The quantitative estimate of drug-likeness (QED) is 0.577. The molecule has 1 atom stereocenters. The first-order valence-electron chi connectivity index (χ1n) is 6.10. The van der Waals surface area contributed by atoms with E-state index in [1.165, 1.54) is 17.4 Å². The molecule has 0 heterocycles. The van der Waals surface area contributed by atoms with Gasteiger partial charge in [-0.15, -0.1) is 0 Å². The minimum absolute atomic E-state index is 0.0426. The van der Waals surface area contributed by atoms with Crippen molar-refractivity contribution in [2.75, 3.05) is 12.0 Å². The van der Waals surface area contributed by atoms with Crippen molar-refractivity contribution < 1.29 is 8.42 Å². The highest BCUT2D eigenvalue weighted by Crippen LogP contribution is 2.09. The van der Waals surface area contributed by atoms with E-state index < -0.39 is 9.84 Å². The maximum absolute atomic E-state index is 11.1. The predicted octanol–water partition coefficient (Wildman–Crippen LogP) is 1.19. The molecule has 1 aromatic rings. The molecule has 5 heteroatoms. The Morgan fingerprint density at radius 2 is 1.83 bits per heavy atom. The highest BCUT2D eigenvalue weighted by molar-refractivity contribution is 7.90. The third-order valence-corrected chi connectivity index (χ3v) is 3.95. The lowest BCUT2D eigenvalue weighted by molar-refractivity contribution is 0.479. The molecule has 0 radical (unpaired) electrons. The maximum Gasteiger partial charge on any atom is 0.147 e. The average Bonchev–Trinajstić information content (AvgIpc) is 2.30. The lowest BCUT2D eigenvalue weighted by Crippen LogP contribution is -2.36. The molecule has 1 rings (SSSR count). The number of benzene rings is 1. The van der Waals surface area contributed by atoms with Crippen molar-refractivity contribution in [2.24, 2.45) is 5.84 Å². The Bertz CT molecular complexity index is 454. The average molecular weight is 270 g/mol. The molecule has 0 aromatic heterocycles. The normalized spacial score (nSPS) is 13.5. The van der Waals surface area contributed by atoms with Gasteiger partial charge in [0.2, 0.25) is 0 Å². The van der Waals surface area contributed by atoms with Gasteiger partial charge in [0, 0.05) is 12.3 Å². The molecule has 0 saturated heterocycles. The van der Waals surface area contributed by atoms with Crippen LogP contribution in [0, 0.1) is 6.92 Å². The molecule has 1 unspecified atom stereocenters. The van der Waals surface area contributed by atoms with Gasteiger partial charge in [0.1, 0.15) is 9.84 Å². The SMILES string of the molecule is Cc1ccc(CCC(CCS(C)(=O)=O)NN)cc1. The first-order valence-corrected chi connectivity index (χ1v) is 8.16. The fourth-order valence-corrected chi connectivity index (χ4v) is 2.48. The van der Waals surface area contributed by atoms with Crippen molar-refractivity contribution in [3.05, 3.63) is 35.4 Å². The van der Waals surface area contributed by atoms with Crippen molar-refractivity contribution >= 4 is 9.84 Å². The molecule has 0 aliphatic rings. The summed E-state index contributed by atoms with van der Waals surface area (Å²) in [6.45, 7) is 2.06. The summed E-state index contributed by atoms with van der Waals surface area (Å²) < 4.78 is 22.2. The van der Waals surface area contributed by atoms with E-state index in [2.05, 4.69) is 36.6 Å². The highest BCUT2D eigenvalue weighted by atomic mass is 32.2. The fourth-order valence-electron chi connectivity index (χ4n) is 1.76. The van der Waals surface area contributed by atoms with E-state index in [1.807, 2.05) is 0 Å². The summed E-state index contributed by atoms with van der Waals surface area (Å²) in [6, 6.07) is 8.40. The number of nitrogens with two attached hydrogens (primary N) is 1. The summed E-state index contributed by atoms with van der Waals surface area (Å²) in [6.07, 6.45) is 3.55. The Kier molecular flexibility index (Phi) is 5.78. The van der Waals surface area contributed by atoms with Crippen molar-refractivity contribution in [3.63, 3.8) is 0 Å². The van der Waals surface area contributed by atoms with Gasteiger partial charge in [-0.25, -0.2) is 8.42 Å². The molecule has 0 saturated carbocycles. The van der Waals surface area contributed by atoms with E-state index in [0.29, 0.717) is 6.42 Å². The Balaban J connectivity index is 2.42. The van der Waals surface area contributed by atoms with Crippen molar-refractivity contribution in [1.29, 1.82) is 0 Å². The lowest BCUT2D eigenvalue weighted by Gasteiger charge is -2.15. The summed E-state index contributed by atoms with van der Waals surface area (Å²) in [7, 11) is -2.91. The minimum Gasteiger partial charge on any atom is -0.271 e. The number of rotatable bonds is 7. The highest BCUT2D eigenvalue weighted by Gasteiger charge is 2.10. The van der Waals surface area contributed by atoms with Gasteiger partial charge in [-0.1, -0.05) is 29.8 Å². The number of sulfone groups is 1. The molecule has 1 aromatic carbocycles. The summed E-state index contributed by atoms with van der Waals surface area (Å²) >= 11 is 0. The molecule has 0 aliphatic heterocycles. The van der Waals surface area contributed by atoms with E-state index in [1.54, 1.807) is 0 Å². The molecule has 0 amide bonds. The standard InChI is InChI=1S/C13H22N2O2S/c1-11-3-5-12(6-4-11)7-8-13(15-14)9-10-18(2,16)17/h3-6,13,15H,7-10,14H2,1-2H3. The van der Waals surface area contributed by atoms with Crippen LogP contribution in [0.1, 0.15) is 24.0 Å². The Labute approximate surface area is 109 Å². The third-order valence-electron chi connectivity index (χ3n) is 2.97. The first-order chi connectivity index (χ1) is 8.40. The van der Waals surface area contributed by atoms with E-state index in [0.717, 1.165) is 12.8 Å². The van der Waals surface area contributed by atoms with Crippen molar-refractivity contribution in [3.8, 4) is 0 Å². The van der Waals surface area contributed by atoms with Crippen LogP contribution in [-0.4, -0.2) is 26.5 Å². The van der Waals surface area contributed by atoms with E-state index in [-0.39, 0.29) is 11.8 Å². The van der Waals surface area contributed by atoms with Gasteiger partial charge in [-0.05, 0) is 31.7 Å². The summed E-state index contributed by atoms with van der Waals surface area (Å²) in [5.41, 5.74) is 5.18. The summed E-state index contributed by atoms with van der Waals surface area (Å²) in [4.78, 5) is 0. The van der Waals surface area contributed by atoms with Crippen LogP contribution < -0.4 is 11.3 Å². The molecule has 102 valence electrons. The van der Waals surface area contributed by atoms with Gasteiger partial charge in [0.15, 0.2) is 0 Å². The number of aryl methyl sites for hydroxylation is 2. The maximum atomic E-state index is 11.1. The molecular formula is C13H22N2O2S. The van der Waals surface area contributed by atoms with Crippen LogP contribution in [0.15, 0.2) is 24.3 Å². The Morgan fingerprint density at radius 3 is 2.33 bits per heavy atom. The van der Waals surface area contributed by atoms with E-state index >= 15 is 0 Å². The van der Waals surface area contributed by atoms with Crippen LogP contribution in [0.4, 0.5) is 0 Å². The Hall–Kier alpha value is -0.910. The predicted molar refractivity (Wildman–Crippen MR) is 74.9 cm³/mol. The lowest BCUT2D eigenvalue weighted by atomic mass is 10.0. The summed E-state index contributed by atoms with van der Waals surface area (Å²) in [5, 5.41) is 0. The van der Waals surface area contributed by atoms with Gasteiger partial charge < -0.3 is 0 Å². The Morgan fingerprint density at radius 1 is 1.22 bits per heavy atom. The molecule has 0 fully saturated rings. The van der Waals surface area contributed by atoms with Crippen molar-refractivity contribution in [2.45, 2.75) is 32.2 Å². The van der Waals surface area contributed by atoms with Gasteiger partial charge in [0.05, 0.1) is 5.75 Å². The second-order valence-electron chi connectivity index (χ2n) is 4.81. The van der Waals surface area contributed by atoms with Crippen LogP contribution in [0.3, 0.4) is 0 Å². The van der Waals surface area contributed by atoms with Crippen LogP contribution in [0.25, 0.3) is 0 Å². The van der Waals surface area contributed by atoms with Crippen LogP contribution in [0.2, 0.25) is 0 Å². The number of hydrazine groups is 1. The minimum atomic E-state index is -2.91. The van der Waals surface area contributed by atoms with E-state index in [9.17, 15) is 8.42 Å². The first kappa shape index (κ1) is 15.1. The number of hydrogen-bond acceptors (Lipinski definition) is 4. The van der Waals surface area contributed by atoms with E-state index in [4.69, 9.17) is 5.84 Å². The smallest absolute Gasteiger partial charge is 0.147 e. The second-order valence-corrected chi connectivity index (χ2v) is 7.07. The zero-order valence-electron chi connectivity index (χ0n) is 11.0. The van der Waals surface area contributed by atoms with Gasteiger partial charge >= 0.3 is 0 Å². The van der Waals surface area contributed by atoms with Crippen LogP contribution >= 0.6 is 0 Å². The van der Waals surface area contributed by atoms with Crippen LogP contribution in [0.5, 0.6) is 0 Å². The topological polar surface area (TPSA) is 72.2 Å². The summed E-state index contributed by atoms with van der Waals surface area (Å²) in [5.74, 6) is 5.62. The molecule has 4 nitrogen and oxygen atoms in total. The number of nitrogens with one attached hydrogen (secondary N) is 1. The molecule has 0 aliphatic carbocycles. The monoisotopic (exact) mass is 270 g/mol. The molecule has 3 N–H and O–H groups in total. The molecular weight excluding hydrogens is 248 g/mol. The van der Waals surface area contributed by atoms with Crippen LogP contribution in [-0.2, 0) is 16.3 Å².